The van der Waals surface area contributed by atoms with Crippen LogP contribution in [0.2, 0.25) is 0 Å². The third-order valence-corrected chi connectivity index (χ3v) is 3.48. The van der Waals surface area contributed by atoms with Crippen molar-refractivity contribution in [3.8, 4) is 0 Å². The largest absolute Gasteiger partial charge is 0.354 e. The third kappa shape index (κ3) is 7.85. The second kappa shape index (κ2) is 10.7. The standard InChI is InChI=1S/C15H29N5O2.HI/c1-6-13(21)20-8-7-12(10-20)18-15(17-11(2)3)16-9-14(22)19(4)5;/h11-12H,6-10H2,1-5H3,(H2,16,17,18);1H. The van der Waals surface area contributed by atoms with Crippen molar-refractivity contribution in [3.63, 3.8) is 0 Å². The zero-order chi connectivity index (χ0) is 16.7. The lowest BCUT2D eigenvalue weighted by Crippen LogP contribution is -2.47. The molecule has 0 bridgehead atoms. The third-order valence-electron chi connectivity index (χ3n) is 3.48. The molecule has 0 radical (unpaired) electrons. The minimum atomic E-state index is -0.0425. The fourth-order valence-corrected chi connectivity index (χ4v) is 2.22. The van der Waals surface area contributed by atoms with E-state index in [9.17, 15) is 9.59 Å². The van der Waals surface area contributed by atoms with Crippen LogP contribution in [0, 0.1) is 0 Å². The molecular weight excluding hydrogens is 409 g/mol. The number of nitrogens with one attached hydrogen (secondary N) is 2. The number of hydrogen-bond acceptors (Lipinski definition) is 3. The van der Waals surface area contributed by atoms with E-state index in [0.717, 1.165) is 13.0 Å². The van der Waals surface area contributed by atoms with Gasteiger partial charge in [0.1, 0.15) is 6.54 Å². The van der Waals surface area contributed by atoms with E-state index in [1.165, 1.54) is 4.90 Å². The van der Waals surface area contributed by atoms with Crippen molar-refractivity contribution in [1.82, 2.24) is 20.4 Å². The first-order valence-electron chi connectivity index (χ1n) is 7.88. The lowest BCUT2D eigenvalue weighted by Gasteiger charge is -2.20. The SMILES string of the molecule is CCC(=O)N1CCC(NC(=NCC(=O)N(C)C)NC(C)C)C1.I. The number of nitrogens with zero attached hydrogens (tertiary/aromatic N) is 3. The van der Waals surface area contributed by atoms with Gasteiger partial charge >= 0.3 is 0 Å². The molecule has 0 saturated carbocycles. The monoisotopic (exact) mass is 439 g/mol. The average Bonchev–Trinajstić information content (AvgIpc) is 2.91. The molecule has 1 heterocycles. The summed E-state index contributed by atoms with van der Waals surface area (Å²) < 4.78 is 0. The molecule has 1 saturated heterocycles. The molecule has 1 atom stereocenters. The van der Waals surface area contributed by atoms with E-state index in [1.807, 2.05) is 25.7 Å². The van der Waals surface area contributed by atoms with Crippen LogP contribution >= 0.6 is 24.0 Å². The number of likely N-dealkylation sites (N-methyl/N-ethyl adjacent to an activating group) is 1. The maximum absolute atomic E-state index is 11.7. The maximum atomic E-state index is 11.7. The van der Waals surface area contributed by atoms with Crippen LogP contribution in [0.1, 0.15) is 33.6 Å². The Hall–Kier alpha value is -1.06. The van der Waals surface area contributed by atoms with Crippen LogP contribution in [0.3, 0.4) is 0 Å². The number of carbonyl (C=O) groups excluding carboxylic acids is 2. The van der Waals surface area contributed by atoms with E-state index in [0.29, 0.717) is 18.9 Å². The molecule has 7 nitrogen and oxygen atoms in total. The summed E-state index contributed by atoms with van der Waals surface area (Å²) in [5.41, 5.74) is 0. The number of rotatable bonds is 5. The Kier molecular flexibility index (Phi) is 10.2. The van der Waals surface area contributed by atoms with Gasteiger partial charge in [-0.3, -0.25) is 9.59 Å². The first-order valence-corrected chi connectivity index (χ1v) is 7.88. The molecule has 8 heteroatoms. The number of aliphatic imine (C=N–C) groups is 1. The van der Waals surface area contributed by atoms with E-state index in [-0.39, 0.29) is 54.4 Å². The van der Waals surface area contributed by atoms with Gasteiger partial charge in [-0.15, -0.1) is 24.0 Å². The van der Waals surface area contributed by atoms with Gasteiger partial charge in [0.15, 0.2) is 5.96 Å². The van der Waals surface area contributed by atoms with E-state index in [4.69, 9.17) is 0 Å². The summed E-state index contributed by atoms with van der Waals surface area (Å²) in [6.07, 6.45) is 1.43. The van der Waals surface area contributed by atoms with Crippen LogP contribution in [0.5, 0.6) is 0 Å². The minimum absolute atomic E-state index is 0. The number of amides is 2. The zero-order valence-electron chi connectivity index (χ0n) is 14.8. The van der Waals surface area contributed by atoms with Gasteiger partial charge in [-0.2, -0.15) is 0 Å². The van der Waals surface area contributed by atoms with Gasteiger partial charge in [0.25, 0.3) is 0 Å². The fraction of sp³-hybridized carbons (Fsp3) is 0.800. The van der Waals surface area contributed by atoms with Crippen molar-refractivity contribution >= 4 is 41.8 Å². The molecule has 0 aliphatic carbocycles. The van der Waals surface area contributed by atoms with Crippen molar-refractivity contribution in [2.45, 2.75) is 45.7 Å². The molecule has 1 aliphatic rings. The zero-order valence-corrected chi connectivity index (χ0v) is 17.1. The topological polar surface area (TPSA) is 77.0 Å². The lowest BCUT2D eigenvalue weighted by atomic mass is 10.3. The molecule has 0 aromatic rings. The molecule has 1 aliphatic heterocycles. The highest BCUT2D eigenvalue weighted by molar-refractivity contribution is 14.0. The summed E-state index contributed by atoms with van der Waals surface area (Å²) in [5.74, 6) is 0.766. The molecule has 0 aromatic heterocycles. The van der Waals surface area contributed by atoms with Gasteiger partial charge in [-0.25, -0.2) is 4.99 Å². The molecule has 2 N–H and O–H groups in total. The summed E-state index contributed by atoms with van der Waals surface area (Å²) in [4.78, 5) is 31.1. The Morgan fingerprint density at radius 2 is 2.00 bits per heavy atom. The van der Waals surface area contributed by atoms with Crippen LogP contribution < -0.4 is 10.6 Å². The summed E-state index contributed by atoms with van der Waals surface area (Å²) in [6.45, 7) is 7.49. The highest BCUT2D eigenvalue weighted by Gasteiger charge is 2.26. The number of carbonyl (C=O) groups is 2. The summed E-state index contributed by atoms with van der Waals surface area (Å²) in [6, 6.07) is 0.394. The van der Waals surface area contributed by atoms with Crippen LogP contribution in [-0.2, 0) is 9.59 Å². The minimum Gasteiger partial charge on any atom is -0.354 e. The molecule has 0 spiro atoms. The van der Waals surface area contributed by atoms with Crippen LogP contribution in [0.4, 0.5) is 0 Å². The highest BCUT2D eigenvalue weighted by atomic mass is 127. The Labute approximate surface area is 156 Å². The predicted octanol–water partition coefficient (Wildman–Crippen LogP) is 0.647. The first kappa shape index (κ1) is 21.9. The van der Waals surface area contributed by atoms with Gasteiger partial charge < -0.3 is 20.4 Å². The van der Waals surface area contributed by atoms with Crippen molar-refractivity contribution < 1.29 is 9.59 Å². The van der Waals surface area contributed by atoms with Gasteiger partial charge in [0.2, 0.25) is 11.8 Å². The van der Waals surface area contributed by atoms with Crippen molar-refractivity contribution in [2.24, 2.45) is 4.99 Å². The number of hydrogen-bond donors (Lipinski definition) is 2. The quantitative estimate of drug-likeness (QED) is 0.375. The molecule has 1 rings (SSSR count). The Morgan fingerprint density at radius 1 is 1.35 bits per heavy atom. The molecule has 2 amide bonds. The van der Waals surface area contributed by atoms with Crippen LogP contribution in [0.15, 0.2) is 4.99 Å². The number of guanidine groups is 1. The summed E-state index contributed by atoms with van der Waals surface area (Å²) >= 11 is 0. The highest BCUT2D eigenvalue weighted by Crippen LogP contribution is 2.10. The predicted molar refractivity (Wildman–Crippen MR) is 103 cm³/mol. The fourth-order valence-electron chi connectivity index (χ4n) is 2.22. The number of likely N-dealkylation sites (tertiary alicyclic amines) is 1. The Balaban J connectivity index is 0.00000484. The van der Waals surface area contributed by atoms with E-state index in [2.05, 4.69) is 15.6 Å². The van der Waals surface area contributed by atoms with Gasteiger partial charge in [-0.1, -0.05) is 6.92 Å². The van der Waals surface area contributed by atoms with Gasteiger partial charge in [-0.05, 0) is 20.3 Å². The van der Waals surface area contributed by atoms with E-state index in [1.54, 1.807) is 14.1 Å². The van der Waals surface area contributed by atoms with Gasteiger partial charge in [0.05, 0.1) is 0 Å². The van der Waals surface area contributed by atoms with Gasteiger partial charge in [0, 0.05) is 45.7 Å². The van der Waals surface area contributed by atoms with Crippen molar-refractivity contribution in [3.05, 3.63) is 0 Å². The second-order valence-electron chi connectivity index (χ2n) is 6.08. The Bertz CT molecular complexity index is 426. The lowest BCUT2D eigenvalue weighted by molar-refractivity contribution is -0.130. The summed E-state index contributed by atoms with van der Waals surface area (Å²) in [7, 11) is 3.43. The second-order valence-corrected chi connectivity index (χ2v) is 6.08. The molecular formula is C15H30IN5O2. The molecule has 134 valence electrons. The average molecular weight is 439 g/mol. The normalized spacial score (nSPS) is 17.7. The molecule has 23 heavy (non-hydrogen) atoms. The Morgan fingerprint density at radius 3 is 2.52 bits per heavy atom. The smallest absolute Gasteiger partial charge is 0.243 e. The van der Waals surface area contributed by atoms with Crippen molar-refractivity contribution in [2.75, 3.05) is 33.7 Å². The molecule has 1 fully saturated rings. The van der Waals surface area contributed by atoms with Crippen molar-refractivity contribution in [1.29, 1.82) is 0 Å². The van der Waals surface area contributed by atoms with E-state index >= 15 is 0 Å². The summed E-state index contributed by atoms with van der Waals surface area (Å²) in [5, 5.41) is 6.55. The molecule has 0 aromatic carbocycles. The number of halogens is 1. The maximum Gasteiger partial charge on any atom is 0.243 e. The first-order chi connectivity index (χ1) is 10.3. The van der Waals surface area contributed by atoms with E-state index < -0.39 is 0 Å². The van der Waals surface area contributed by atoms with Crippen LogP contribution in [0.25, 0.3) is 0 Å². The molecule has 1 unspecified atom stereocenters. The van der Waals surface area contributed by atoms with Crippen LogP contribution in [-0.4, -0.2) is 73.4 Å².